The monoisotopic (exact) mass is 292 g/mol. The van der Waals surface area contributed by atoms with Crippen LogP contribution in [-0.4, -0.2) is 29.5 Å². The number of benzene rings is 1. The Kier molecular flexibility index (Phi) is 3.71. The Balaban J connectivity index is 1.51. The molecule has 1 aromatic heterocycles. The quantitative estimate of drug-likeness (QED) is 0.832. The zero-order chi connectivity index (χ0) is 14.9. The summed E-state index contributed by atoms with van der Waals surface area (Å²) in [5, 5.41) is 1.21. The highest BCUT2D eigenvalue weighted by Crippen LogP contribution is 2.34. The van der Waals surface area contributed by atoms with Gasteiger partial charge in [0.05, 0.1) is 11.2 Å². The van der Waals surface area contributed by atoms with Gasteiger partial charge in [-0.05, 0) is 61.8 Å². The SMILES string of the molecule is C=C(c1ccc2ccccc2n1)C1CCCN(CC2CC2)C1. The Morgan fingerprint density at radius 2 is 2.00 bits per heavy atom. The van der Waals surface area contributed by atoms with Crippen molar-refractivity contribution in [1.82, 2.24) is 9.88 Å². The highest BCUT2D eigenvalue weighted by atomic mass is 15.1. The van der Waals surface area contributed by atoms with Crippen LogP contribution in [0, 0.1) is 11.8 Å². The second-order valence-corrected chi connectivity index (χ2v) is 6.96. The number of para-hydroxylation sites is 1. The van der Waals surface area contributed by atoms with Crippen molar-refractivity contribution >= 4 is 16.5 Å². The standard InChI is InChI=1S/C20H24N2/c1-15(18-6-4-12-22(14-18)13-16-8-9-16)19-11-10-17-5-2-3-7-20(17)21-19/h2-3,5,7,10-11,16,18H,1,4,6,8-9,12-14H2. The van der Waals surface area contributed by atoms with Crippen LogP contribution in [0.4, 0.5) is 0 Å². The van der Waals surface area contributed by atoms with Crippen LogP contribution in [0.5, 0.6) is 0 Å². The first-order valence-corrected chi connectivity index (χ1v) is 8.57. The summed E-state index contributed by atoms with van der Waals surface area (Å²) < 4.78 is 0. The first-order valence-electron chi connectivity index (χ1n) is 8.57. The molecule has 114 valence electrons. The Morgan fingerprint density at radius 1 is 1.14 bits per heavy atom. The van der Waals surface area contributed by atoms with Gasteiger partial charge in [0.25, 0.3) is 0 Å². The predicted octanol–water partition coefficient (Wildman–Crippen LogP) is 4.37. The maximum Gasteiger partial charge on any atom is 0.0709 e. The maximum absolute atomic E-state index is 4.83. The fourth-order valence-corrected chi connectivity index (χ4v) is 3.63. The van der Waals surface area contributed by atoms with Crippen molar-refractivity contribution in [3.8, 4) is 0 Å². The molecule has 2 fully saturated rings. The molecule has 1 aliphatic carbocycles. The van der Waals surface area contributed by atoms with Gasteiger partial charge in [0.15, 0.2) is 0 Å². The van der Waals surface area contributed by atoms with E-state index < -0.39 is 0 Å². The van der Waals surface area contributed by atoms with Crippen molar-refractivity contribution < 1.29 is 0 Å². The minimum absolute atomic E-state index is 0.571. The molecule has 0 bridgehead atoms. The molecule has 2 heterocycles. The first kappa shape index (κ1) is 14.0. The van der Waals surface area contributed by atoms with Crippen LogP contribution < -0.4 is 0 Å². The van der Waals surface area contributed by atoms with Crippen LogP contribution >= 0.6 is 0 Å². The van der Waals surface area contributed by atoms with E-state index in [-0.39, 0.29) is 0 Å². The van der Waals surface area contributed by atoms with E-state index in [2.05, 4.69) is 47.9 Å². The fourth-order valence-electron chi connectivity index (χ4n) is 3.63. The molecule has 2 nitrogen and oxygen atoms in total. The Hall–Kier alpha value is -1.67. The van der Waals surface area contributed by atoms with Crippen LogP contribution in [-0.2, 0) is 0 Å². The zero-order valence-corrected chi connectivity index (χ0v) is 13.2. The van der Waals surface area contributed by atoms with Gasteiger partial charge in [-0.25, -0.2) is 4.98 Å². The number of pyridine rings is 1. The van der Waals surface area contributed by atoms with Crippen LogP contribution in [0.3, 0.4) is 0 Å². The predicted molar refractivity (Wildman–Crippen MR) is 92.7 cm³/mol. The number of hydrogen-bond acceptors (Lipinski definition) is 2. The molecule has 1 saturated carbocycles. The molecule has 0 radical (unpaired) electrons. The number of aromatic nitrogens is 1. The van der Waals surface area contributed by atoms with Gasteiger partial charge in [-0.1, -0.05) is 30.8 Å². The highest BCUT2D eigenvalue weighted by molar-refractivity contribution is 5.80. The van der Waals surface area contributed by atoms with E-state index in [1.165, 1.54) is 56.3 Å². The number of nitrogens with zero attached hydrogens (tertiary/aromatic N) is 2. The van der Waals surface area contributed by atoms with E-state index >= 15 is 0 Å². The average molecular weight is 292 g/mol. The average Bonchev–Trinajstić information content (AvgIpc) is 3.38. The van der Waals surface area contributed by atoms with Crippen LogP contribution in [0.1, 0.15) is 31.4 Å². The topological polar surface area (TPSA) is 16.1 Å². The van der Waals surface area contributed by atoms with E-state index in [0.29, 0.717) is 5.92 Å². The van der Waals surface area contributed by atoms with E-state index in [1.807, 2.05) is 0 Å². The molecule has 22 heavy (non-hydrogen) atoms. The smallest absolute Gasteiger partial charge is 0.0709 e. The van der Waals surface area contributed by atoms with Gasteiger partial charge in [-0.2, -0.15) is 0 Å². The van der Waals surface area contributed by atoms with Gasteiger partial charge in [-0.15, -0.1) is 0 Å². The van der Waals surface area contributed by atoms with Crippen LogP contribution in [0.2, 0.25) is 0 Å². The largest absolute Gasteiger partial charge is 0.302 e. The molecule has 1 atom stereocenters. The molecule has 4 rings (SSSR count). The minimum atomic E-state index is 0.571. The first-order chi connectivity index (χ1) is 10.8. The van der Waals surface area contributed by atoms with Crippen molar-refractivity contribution in [3.63, 3.8) is 0 Å². The lowest BCUT2D eigenvalue weighted by Gasteiger charge is -2.33. The maximum atomic E-state index is 4.83. The van der Waals surface area contributed by atoms with Gasteiger partial charge in [0, 0.05) is 18.5 Å². The summed E-state index contributed by atoms with van der Waals surface area (Å²) in [5.41, 5.74) is 3.38. The summed E-state index contributed by atoms with van der Waals surface area (Å²) in [6.45, 7) is 8.14. The summed E-state index contributed by atoms with van der Waals surface area (Å²) in [4.78, 5) is 7.48. The van der Waals surface area contributed by atoms with Crippen LogP contribution in [0.15, 0.2) is 43.0 Å². The molecule has 0 amide bonds. The number of likely N-dealkylation sites (tertiary alicyclic amines) is 1. The van der Waals surface area contributed by atoms with Crippen molar-refractivity contribution in [2.24, 2.45) is 11.8 Å². The summed E-state index contributed by atoms with van der Waals surface area (Å²) in [5.74, 6) is 1.55. The Labute approximate surface area is 132 Å². The van der Waals surface area contributed by atoms with Gasteiger partial charge in [-0.3, -0.25) is 0 Å². The third-order valence-corrected chi connectivity index (χ3v) is 5.14. The fraction of sp³-hybridized carbons (Fsp3) is 0.450. The van der Waals surface area contributed by atoms with Crippen molar-refractivity contribution in [2.45, 2.75) is 25.7 Å². The van der Waals surface area contributed by atoms with Crippen molar-refractivity contribution in [2.75, 3.05) is 19.6 Å². The molecule has 1 aliphatic heterocycles. The third kappa shape index (κ3) is 2.93. The molecule has 2 aromatic rings. The molecular formula is C20H24N2. The van der Waals surface area contributed by atoms with E-state index in [1.54, 1.807) is 0 Å². The number of hydrogen-bond donors (Lipinski definition) is 0. The molecular weight excluding hydrogens is 268 g/mol. The Morgan fingerprint density at radius 3 is 2.86 bits per heavy atom. The number of rotatable bonds is 4. The van der Waals surface area contributed by atoms with Gasteiger partial charge < -0.3 is 4.90 Å². The molecule has 1 unspecified atom stereocenters. The minimum Gasteiger partial charge on any atom is -0.302 e. The second-order valence-electron chi connectivity index (χ2n) is 6.96. The van der Waals surface area contributed by atoms with Crippen molar-refractivity contribution in [1.29, 1.82) is 0 Å². The lowest BCUT2D eigenvalue weighted by atomic mass is 9.89. The molecule has 2 aliphatic rings. The lowest BCUT2D eigenvalue weighted by Crippen LogP contribution is -2.37. The molecule has 2 heteroatoms. The van der Waals surface area contributed by atoms with Crippen molar-refractivity contribution in [3.05, 3.63) is 48.7 Å². The van der Waals surface area contributed by atoms with E-state index in [4.69, 9.17) is 4.98 Å². The number of fused-ring (bicyclic) bond motifs is 1. The summed E-state index contributed by atoms with van der Waals surface area (Å²) in [7, 11) is 0. The van der Waals surface area contributed by atoms with Crippen LogP contribution in [0.25, 0.3) is 16.5 Å². The Bertz CT molecular complexity index is 687. The highest BCUT2D eigenvalue weighted by Gasteiger charge is 2.28. The lowest BCUT2D eigenvalue weighted by molar-refractivity contribution is 0.193. The third-order valence-electron chi connectivity index (χ3n) is 5.14. The van der Waals surface area contributed by atoms with E-state index in [0.717, 1.165) is 17.1 Å². The van der Waals surface area contributed by atoms with Gasteiger partial charge in [0.2, 0.25) is 0 Å². The molecule has 1 aromatic carbocycles. The molecule has 1 saturated heterocycles. The second kappa shape index (κ2) is 5.85. The number of piperidine rings is 1. The summed E-state index contributed by atoms with van der Waals surface area (Å²) in [6, 6.07) is 12.6. The normalized spacial score (nSPS) is 22.8. The van der Waals surface area contributed by atoms with Gasteiger partial charge >= 0.3 is 0 Å². The summed E-state index contributed by atoms with van der Waals surface area (Å²) in [6.07, 6.45) is 5.43. The molecule has 0 spiro atoms. The molecule has 0 N–H and O–H groups in total. The summed E-state index contributed by atoms with van der Waals surface area (Å²) >= 11 is 0. The zero-order valence-electron chi connectivity index (χ0n) is 13.2. The van der Waals surface area contributed by atoms with Gasteiger partial charge in [0.1, 0.15) is 0 Å². The van der Waals surface area contributed by atoms with E-state index in [9.17, 15) is 0 Å².